The Hall–Kier alpha value is -3.71. The zero-order valence-corrected chi connectivity index (χ0v) is 19.2. The SMILES string of the molecule is C=CCOc1ccc(/C(O)=C2\C(=O)C(=O)N(Cc3cccnc3)C2c2ccc(Br)cc2)cc1. The molecule has 1 aliphatic heterocycles. The summed E-state index contributed by atoms with van der Waals surface area (Å²) in [7, 11) is 0. The molecule has 0 spiro atoms. The first-order valence-corrected chi connectivity index (χ1v) is 11.1. The van der Waals surface area contributed by atoms with Crippen LogP contribution in [-0.4, -0.2) is 33.3 Å². The molecule has 33 heavy (non-hydrogen) atoms. The van der Waals surface area contributed by atoms with E-state index in [1.807, 2.05) is 30.3 Å². The molecular formula is C26H21BrN2O4. The number of ether oxygens (including phenoxy) is 1. The number of rotatable bonds is 7. The highest BCUT2D eigenvalue weighted by Gasteiger charge is 2.46. The van der Waals surface area contributed by atoms with E-state index in [1.165, 1.54) is 4.90 Å². The summed E-state index contributed by atoms with van der Waals surface area (Å²) in [6, 6.07) is 16.9. The highest BCUT2D eigenvalue weighted by Crippen LogP contribution is 2.40. The fourth-order valence-electron chi connectivity index (χ4n) is 3.74. The molecule has 1 unspecified atom stereocenters. The van der Waals surface area contributed by atoms with Gasteiger partial charge in [0, 0.05) is 29.0 Å². The van der Waals surface area contributed by atoms with Gasteiger partial charge in [-0.15, -0.1) is 0 Å². The zero-order valence-electron chi connectivity index (χ0n) is 17.6. The van der Waals surface area contributed by atoms with E-state index in [9.17, 15) is 14.7 Å². The van der Waals surface area contributed by atoms with Crippen molar-refractivity contribution in [2.24, 2.45) is 0 Å². The quantitative estimate of drug-likeness (QED) is 0.211. The van der Waals surface area contributed by atoms with E-state index in [-0.39, 0.29) is 17.9 Å². The minimum atomic E-state index is -0.741. The zero-order chi connectivity index (χ0) is 23.4. The van der Waals surface area contributed by atoms with Gasteiger partial charge in [-0.25, -0.2) is 0 Å². The number of carbonyl (C=O) groups is 2. The Kier molecular flexibility index (Phi) is 6.70. The monoisotopic (exact) mass is 504 g/mol. The lowest BCUT2D eigenvalue weighted by Crippen LogP contribution is -2.29. The number of hydrogen-bond acceptors (Lipinski definition) is 5. The van der Waals surface area contributed by atoms with Gasteiger partial charge in [-0.2, -0.15) is 0 Å². The molecule has 1 fully saturated rings. The number of Topliss-reactive ketones (excluding diaryl/α,β-unsaturated/α-hetero) is 1. The van der Waals surface area contributed by atoms with E-state index in [2.05, 4.69) is 27.5 Å². The lowest BCUT2D eigenvalue weighted by Gasteiger charge is -2.25. The van der Waals surface area contributed by atoms with Gasteiger partial charge in [0.05, 0.1) is 11.6 Å². The number of nitrogens with zero attached hydrogens (tertiary/aromatic N) is 2. The van der Waals surface area contributed by atoms with Gasteiger partial charge in [0.25, 0.3) is 11.7 Å². The standard InChI is InChI=1S/C26H21BrN2O4/c1-2-14-33-21-11-7-19(8-12-21)24(30)22-23(18-5-9-20(27)10-6-18)29(26(32)25(22)31)16-17-4-3-13-28-15-17/h2-13,15,23,30H,1,14,16H2/b24-22+. The summed E-state index contributed by atoms with van der Waals surface area (Å²) < 4.78 is 6.35. The van der Waals surface area contributed by atoms with Crippen LogP contribution in [-0.2, 0) is 16.1 Å². The van der Waals surface area contributed by atoms with Crippen LogP contribution < -0.4 is 4.74 Å². The number of hydrogen-bond donors (Lipinski definition) is 1. The number of amides is 1. The highest BCUT2D eigenvalue weighted by atomic mass is 79.9. The number of benzene rings is 2. The Morgan fingerprint density at radius 2 is 1.85 bits per heavy atom. The Morgan fingerprint density at radius 3 is 2.48 bits per heavy atom. The molecule has 1 saturated heterocycles. The molecule has 1 N–H and O–H groups in total. The molecule has 1 aliphatic rings. The maximum Gasteiger partial charge on any atom is 0.295 e. The molecule has 0 saturated carbocycles. The molecule has 1 atom stereocenters. The van der Waals surface area contributed by atoms with Crippen molar-refractivity contribution in [2.45, 2.75) is 12.6 Å². The Labute approximate surface area is 200 Å². The molecule has 1 amide bonds. The summed E-state index contributed by atoms with van der Waals surface area (Å²) >= 11 is 3.42. The molecule has 0 bridgehead atoms. The van der Waals surface area contributed by atoms with Crippen molar-refractivity contribution >= 4 is 33.4 Å². The first kappa shape index (κ1) is 22.5. The fraction of sp³-hybridized carbons (Fsp3) is 0.115. The van der Waals surface area contributed by atoms with Gasteiger partial charge in [-0.05, 0) is 53.6 Å². The predicted octanol–water partition coefficient (Wildman–Crippen LogP) is 5.03. The Morgan fingerprint density at radius 1 is 1.12 bits per heavy atom. The highest BCUT2D eigenvalue weighted by molar-refractivity contribution is 9.10. The topological polar surface area (TPSA) is 79.7 Å². The minimum absolute atomic E-state index is 0.0472. The number of aliphatic hydroxyl groups is 1. The van der Waals surface area contributed by atoms with Gasteiger partial charge in [0.15, 0.2) is 0 Å². The van der Waals surface area contributed by atoms with Crippen LogP contribution in [0.15, 0.2) is 95.8 Å². The van der Waals surface area contributed by atoms with Crippen molar-refractivity contribution in [3.8, 4) is 5.75 Å². The van der Waals surface area contributed by atoms with E-state index in [0.29, 0.717) is 23.5 Å². The number of carbonyl (C=O) groups excluding carboxylic acids is 2. The van der Waals surface area contributed by atoms with Crippen LogP contribution in [0.3, 0.4) is 0 Å². The van der Waals surface area contributed by atoms with Crippen LogP contribution in [0.4, 0.5) is 0 Å². The summed E-state index contributed by atoms with van der Waals surface area (Å²) in [5, 5.41) is 11.1. The van der Waals surface area contributed by atoms with Crippen molar-refractivity contribution in [3.05, 3.63) is 112 Å². The average Bonchev–Trinajstić information content (AvgIpc) is 3.08. The second kappa shape index (κ2) is 9.83. The van der Waals surface area contributed by atoms with Crippen LogP contribution >= 0.6 is 15.9 Å². The Balaban J connectivity index is 1.78. The third-order valence-electron chi connectivity index (χ3n) is 5.30. The van der Waals surface area contributed by atoms with E-state index in [0.717, 1.165) is 10.0 Å². The third kappa shape index (κ3) is 4.73. The first-order valence-electron chi connectivity index (χ1n) is 10.3. The van der Waals surface area contributed by atoms with E-state index >= 15 is 0 Å². The molecule has 3 aromatic rings. The minimum Gasteiger partial charge on any atom is -0.507 e. The lowest BCUT2D eigenvalue weighted by atomic mass is 9.95. The Bertz CT molecular complexity index is 1210. The molecule has 1 aromatic heterocycles. The maximum atomic E-state index is 13.1. The number of likely N-dealkylation sites (tertiary alicyclic amines) is 1. The summed E-state index contributed by atoms with van der Waals surface area (Å²) in [5.74, 6) is -1.02. The van der Waals surface area contributed by atoms with Crippen LogP contribution in [0.25, 0.3) is 5.76 Å². The van der Waals surface area contributed by atoms with Gasteiger partial charge in [0.2, 0.25) is 0 Å². The number of ketones is 1. The van der Waals surface area contributed by atoms with Gasteiger partial charge >= 0.3 is 0 Å². The second-order valence-corrected chi connectivity index (χ2v) is 8.38. The van der Waals surface area contributed by atoms with Crippen molar-refractivity contribution in [1.29, 1.82) is 0 Å². The largest absolute Gasteiger partial charge is 0.507 e. The van der Waals surface area contributed by atoms with E-state index in [4.69, 9.17) is 4.74 Å². The smallest absolute Gasteiger partial charge is 0.295 e. The summed E-state index contributed by atoms with van der Waals surface area (Å²) in [6.07, 6.45) is 4.93. The molecular weight excluding hydrogens is 484 g/mol. The van der Waals surface area contributed by atoms with Gasteiger partial charge < -0.3 is 14.7 Å². The maximum absolute atomic E-state index is 13.1. The number of aromatic nitrogens is 1. The van der Waals surface area contributed by atoms with Gasteiger partial charge in [-0.1, -0.05) is 46.8 Å². The van der Waals surface area contributed by atoms with Crippen LogP contribution in [0, 0.1) is 0 Å². The fourth-order valence-corrected chi connectivity index (χ4v) is 4.01. The molecule has 7 heteroatoms. The van der Waals surface area contributed by atoms with Crippen LogP contribution in [0.1, 0.15) is 22.7 Å². The third-order valence-corrected chi connectivity index (χ3v) is 5.83. The van der Waals surface area contributed by atoms with Crippen molar-refractivity contribution < 1.29 is 19.4 Å². The van der Waals surface area contributed by atoms with Crippen molar-refractivity contribution in [2.75, 3.05) is 6.61 Å². The van der Waals surface area contributed by atoms with Crippen LogP contribution in [0.5, 0.6) is 5.75 Å². The molecule has 166 valence electrons. The van der Waals surface area contributed by atoms with Crippen LogP contribution in [0.2, 0.25) is 0 Å². The molecule has 4 rings (SSSR count). The first-order chi connectivity index (χ1) is 16.0. The summed E-state index contributed by atoms with van der Waals surface area (Å²) in [6.45, 7) is 4.16. The van der Waals surface area contributed by atoms with E-state index < -0.39 is 17.7 Å². The summed E-state index contributed by atoms with van der Waals surface area (Å²) in [4.78, 5) is 31.7. The summed E-state index contributed by atoms with van der Waals surface area (Å²) in [5.41, 5.74) is 1.97. The molecule has 2 heterocycles. The normalized spacial score (nSPS) is 17.2. The van der Waals surface area contributed by atoms with Gasteiger partial charge in [0.1, 0.15) is 18.1 Å². The number of halogens is 1. The lowest BCUT2D eigenvalue weighted by molar-refractivity contribution is -0.140. The number of pyridine rings is 1. The number of aliphatic hydroxyl groups excluding tert-OH is 1. The van der Waals surface area contributed by atoms with Gasteiger partial charge in [-0.3, -0.25) is 14.6 Å². The van der Waals surface area contributed by atoms with E-state index in [1.54, 1.807) is 48.8 Å². The van der Waals surface area contributed by atoms with Crippen molar-refractivity contribution in [1.82, 2.24) is 9.88 Å². The molecule has 6 nitrogen and oxygen atoms in total. The average molecular weight is 505 g/mol. The predicted molar refractivity (Wildman–Crippen MR) is 128 cm³/mol. The van der Waals surface area contributed by atoms with Crippen molar-refractivity contribution in [3.63, 3.8) is 0 Å². The molecule has 2 aromatic carbocycles. The molecule has 0 radical (unpaired) electrons. The molecule has 0 aliphatic carbocycles. The second-order valence-electron chi connectivity index (χ2n) is 7.46.